The van der Waals surface area contributed by atoms with Crippen molar-refractivity contribution >= 4 is 5.71 Å². The van der Waals surface area contributed by atoms with Crippen LogP contribution in [0.4, 0.5) is 0 Å². The average molecular weight is 141 g/mol. The Labute approximate surface area is 62.3 Å². The third-order valence-electron chi connectivity index (χ3n) is 1.90. The molecule has 0 saturated heterocycles. The second-order valence-corrected chi connectivity index (χ2v) is 2.75. The van der Waals surface area contributed by atoms with Crippen LogP contribution in [-0.4, -0.2) is 12.8 Å². The molecule has 2 nitrogen and oxygen atoms in total. The molecule has 0 aliphatic heterocycles. The van der Waals surface area contributed by atoms with E-state index in [-0.39, 0.29) is 0 Å². The maximum atomic E-state index is 4.72. The van der Waals surface area contributed by atoms with Gasteiger partial charge in [-0.2, -0.15) is 0 Å². The predicted octanol–water partition coefficient (Wildman–Crippen LogP) is 2.34. The minimum Gasteiger partial charge on any atom is -0.399 e. The summed E-state index contributed by atoms with van der Waals surface area (Å²) < 4.78 is 0. The first-order chi connectivity index (χ1) is 4.93. The lowest BCUT2D eigenvalue weighted by Gasteiger charge is -1.97. The summed E-state index contributed by atoms with van der Waals surface area (Å²) in [7, 11) is 1.62. The maximum Gasteiger partial charge on any atom is 0.106 e. The van der Waals surface area contributed by atoms with Crippen molar-refractivity contribution in [1.29, 1.82) is 0 Å². The van der Waals surface area contributed by atoms with Crippen molar-refractivity contribution in [2.75, 3.05) is 7.11 Å². The molecule has 0 heterocycles. The molecule has 1 aliphatic rings. The van der Waals surface area contributed by atoms with Crippen LogP contribution in [0.15, 0.2) is 5.16 Å². The van der Waals surface area contributed by atoms with Crippen LogP contribution in [0.2, 0.25) is 0 Å². The predicted molar refractivity (Wildman–Crippen MR) is 42.1 cm³/mol. The van der Waals surface area contributed by atoms with Gasteiger partial charge in [0.2, 0.25) is 0 Å². The zero-order chi connectivity index (χ0) is 7.23. The Bertz CT molecular complexity index is 110. The average Bonchev–Trinajstić information content (AvgIpc) is 2.17. The van der Waals surface area contributed by atoms with Gasteiger partial charge < -0.3 is 4.84 Å². The number of rotatable bonds is 1. The highest BCUT2D eigenvalue weighted by Crippen LogP contribution is 2.14. The lowest BCUT2D eigenvalue weighted by atomic mass is 10.2. The Kier molecular flexibility index (Phi) is 3.27. The van der Waals surface area contributed by atoms with Gasteiger partial charge in [-0.15, -0.1) is 0 Å². The fourth-order valence-corrected chi connectivity index (χ4v) is 1.36. The van der Waals surface area contributed by atoms with Gasteiger partial charge in [0.25, 0.3) is 0 Å². The van der Waals surface area contributed by atoms with Crippen molar-refractivity contribution in [3.05, 3.63) is 0 Å². The smallest absolute Gasteiger partial charge is 0.106 e. The number of hydrogen-bond acceptors (Lipinski definition) is 2. The van der Waals surface area contributed by atoms with Gasteiger partial charge in [0, 0.05) is 0 Å². The van der Waals surface area contributed by atoms with Gasteiger partial charge in [0.15, 0.2) is 0 Å². The number of nitrogens with zero attached hydrogens (tertiary/aromatic N) is 1. The highest BCUT2D eigenvalue weighted by Gasteiger charge is 2.04. The molecule has 0 unspecified atom stereocenters. The second-order valence-electron chi connectivity index (χ2n) is 2.75. The Morgan fingerprint density at radius 1 is 1.10 bits per heavy atom. The largest absolute Gasteiger partial charge is 0.399 e. The van der Waals surface area contributed by atoms with Crippen molar-refractivity contribution < 1.29 is 4.84 Å². The van der Waals surface area contributed by atoms with Crippen molar-refractivity contribution in [3.8, 4) is 0 Å². The normalized spacial score (nSPS) is 19.9. The van der Waals surface area contributed by atoms with E-state index in [9.17, 15) is 0 Å². The minimum absolute atomic E-state index is 1.15. The van der Waals surface area contributed by atoms with Crippen LogP contribution >= 0.6 is 0 Å². The van der Waals surface area contributed by atoms with Crippen LogP contribution in [0, 0.1) is 0 Å². The molecule has 0 aromatic carbocycles. The molecule has 0 spiro atoms. The van der Waals surface area contributed by atoms with E-state index in [2.05, 4.69) is 5.16 Å². The van der Waals surface area contributed by atoms with E-state index in [1.165, 1.54) is 31.4 Å². The van der Waals surface area contributed by atoms with Gasteiger partial charge in [-0.05, 0) is 25.7 Å². The quantitative estimate of drug-likeness (QED) is 0.405. The monoisotopic (exact) mass is 141 g/mol. The van der Waals surface area contributed by atoms with Crippen molar-refractivity contribution in [3.63, 3.8) is 0 Å². The first kappa shape index (κ1) is 7.58. The summed E-state index contributed by atoms with van der Waals surface area (Å²) in [5, 5.41) is 3.96. The molecule has 1 aliphatic carbocycles. The molecule has 0 aromatic heterocycles. The Hall–Kier alpha value is -0.530. The van der Waals surface area contributed by atoms with E-state index in [0.717, 1.165) is 12.8 Å². The Morgan fingerprint density at radius 2 is 1.70 bits per heavy atom. The van der Waals surface area contributed by atoms with Crippen LogP contribution < -0.4 is 0 Å². The third kappa shape index (κ3) is 2.38. The molecule has 1 fully saturated rings. The molecule has 10 heavy (non-hydrogen) atoms. The number of oxime groups is 1. The van der Waals surface area contributed by atoms with Crippen LogP contribution in [0.25, 0.3) is 0 Å². The van der Waals surface area contributed by atoms with Gasteiger partial charge in [-0.3, -0.25) is 0 Å². The van der Waals surface area contributed by atoms with E-state index in [1.807, 2.05) is 0 Å². The second kappa shape index (κ2) is 4.31. The number of hydrogen-bond donors (Lipinski definition) is 0. The lowest BCUT2D eigenvalue weighted by molar-refractivity contribution is 0.211. The van der Waals surface area contributed by atoms with E-state index >= 15 is 0 Å². The van der Waals surface area contributed by atoms with E-state index in [0.29, 0.717) is 0 Å². The van der Waals surface area contributed by atoms with Crippen LogP contribution in [0.1, 0.15) is 38.5 Å². The maximum absolute atomic E-state index is 4.72. The summed E-state index contributed by atoms with van der Waals surface area (Å²) in [5.41, 5.74) is 1.25. The van der Waals surface area contributed by atoms with Crippen molar-refractivity contribution in [2.24, 2.45) is 5.16 Å². The molecule has 0 N–H and O–H groups in total. The zero-order valence-corrected chi connectivity index (χ0v) is 6.60. The van der Waals surface area contributed by atoms with Crippen molar-refractivity contribution in [1.82, 2.24) is 0 Å². The van der Waals surface area contributed by atoms with E-state index < -0.39 is 0 Å². The van der Waals surface area contributed by atoms with Gasteiger partial charge in [-0.1, -0.05) is 18.0 Å². The fourth-order valence-electron chi connectivity index (χ4n) is 1.36. The molecule has 1 rings (SSSR count). The summed E-state index contributed by atoms with van der Waals surface area (Å²) in [6, 6.07) is 0. The van der Waals surface area contributed by atoms with Gasteiger partial charge in [0.05, 0.1) is 5.71 Å². The van der Waals surface area contributed by atoms with Gasteiger partial charge in [-0.25, -0.2) is 0 Å². The Morgan fingerprint density at radius 3 is 2.20 bits per heavy atom. The molecule has 0 aromatic rings. The first-order valence-corrected chi connectivity index (χ1v) is 4.02. The van der Waals surface area contributed by atoms with Gasteiger partial charge in [0.1, 0.15) is 7.11 Å². The highest BCUT2D eigenvalue weighted by molar-refractivity contribution is 5.84. The van der Waals surface area contributed by atoms with Crippen LogP contribution in [0.5, 0.6) is 0 Å². The molecular weight excluding hydrogens is 126 g/mol. The lowest BCUT2D eigenvalue weighted by Crippen LogP contribution is -1.95. The standard InChI is InChI=1S/C8H15NO/c1-10-9-8-6-4-2-3-5-7-8/h2-7H2,1H3. The summed E-state index contributed by atoms with van der Waals surface area (Å²) in [6.45, 7) is 0. The highest BCUT2D eigenvalue weighted by atomic mass is 16.6. The third-order valence-corrected chi connectivity index (χ3v) is 1.90. The molecule has 0 amide bonds. The molecule has 2 heteroatoms. The first-order valence-electron chi connectivity index (χ1n) is 4.02. The molecule has 0 atom stereocenters. The SMILES string of the molecule is CON=C1CCCCCC1. The summed E-state index contributed by atoms with van der Waals surface area (Å²) >= 11 is 0. The van der Waals surface area contributed by atoms with E-state index in [4.69, 9.17) is 4.84 Å². The molecule has 0 bridgehead atoms. The summed E-state index contributed by atoms with van der Waals surface area (Å²) in [5.74, 6) is 0. The molecular formula is C8H15NO. The molecule has 0 radical (unpaired) electrons. The molecule has 1 saturated carbocycles. The fraction of sp³-hybridized carbons (Fsp3) is 0.875. The van der Waals surface area contributed by atoms with E-state index in [1.54, 1.807) is 7.11 Å². The topological polar surface area (TPSA) is 21.6 Å². The van der Waals surface area contributed by atoms with Crippen LogP contribution in [-0.2, 0) is 4.84 Å². The molecule has 58 valence electrons. The summed E-state index contributed by atoms with van der Waals surface area (Å²) in [4.78, 5) is 4.72. The zero-order valence-electron chi connectivity index (χ0n) is 6.60. The van der Waals surface area contributed by atoms with Crippen molar-refractivity contribution in [2.45, 2.75) is 38.5 Å². The van der Waals surface area contributed by atoms with Gasteiger partial charge >= 0.3 is 0 Å². The van der Waals surface area contributed by atoms with Crippen LogP contribution in [0.3, 0.4) is 0 Å². The Balaban J connectivity index is 2.35. The summed E-state index contributed by atoms with van der Waals surface area (Å²) in [6.07, 6.45) is 7.61. The minimum atomic E-state index is 1.15.